The Morgan fingerprint density at radius 1 is 1.26 bits per heavy atom. The van der Waals surface area contributed by atoms with E-state index in [4.69, 9.17) is 10.5 Å². The molecule has 0 bridgehead atoms. The zero-order valence-corrected chi connectivity index (χ0v) is 17.4. The number of nitrogens with zero attached hydrogens (tertiary/aromatic N) is 2. The largest absolute Gasteiger partial charge is 0.487 e. The average Bonchev–Trinajstić information content (AvgIpc) is 2.75. The van der Waals surface area contributed by atoms with Crippen molar-refractivity contribution in [3.8, 4) is 5.75 Å². The number of anilines is 1. The van der Waals surface area contributed by atoms with Crippen molar-refractivity contribution in [3.63, 3.8) is 0 Å². The summed E-state index contributed by atoms with van der Waals surface area (Å²) in [4.78, 5) is 36.9. The van der Waals surface area contributed by atoms with E-state index in [9.17, 15) is 19.7 Å². The van der Waals surface area contributed by atoms with Gasteiger partial charge in [-0.25, -0.2) is 0 Å². The van der Waals surface area contributed by atoms with Gasteiger partial charge in [0.15, 0.2) is 5.75 Å². The maximum atomic E-state index is 12.5. The van der Waals surface area contributed by atoms with Crippen LogP contribution >= 0.6 is 0 Å². The molecule has 0 aliphatic carbocycles. The van der Waals surface area contributed by atoms with Crippen LogP contribution < -0.4 is 15.8 Å². The van der Waals surface area contributed by atoms with Crippen LogP contribution in [-0.2, 0) is 11.3 Å². The molecule has 1 unspecified atom stereocenters. The smallest absolute Gasteiger partial charge is 0.311 e. The number of nitrogens with two attached hydrogens (primary N) is 1. The van der Waals surface area contributed by atoms with Crippen LogP contribution in [0.2, 0.25) is 0 Å². The van der Waals surface area contributed by atoms with Crippen molar-refractivity contribution in [2.75, 3.05) is 25.0 Å². The molecule has 164 valence electrons. The minimum Gasteiger partial charge on any atom is -0.487 e. The lowest BCUT2D eigenvalue weighted by Crippen LogP contribution is -2.40. The predicted octanol–water partition coefficient (Wildman–Crippen LogP) is 2.94. The van der Waals surface area contributed by atoms with Crippen LogP contribution in [0.1, 0.15) is 35.7 Å². The molecule has 1 saturated heterocycles. The molecule has 31 heavy (non-hydrogen) atoms. The fourth-order valence-electron chi connectivity index (χ4n) is 3.67. The lowest BCUT2D eigenvalue weighted by Gasteiger charge is -2.31. The second-order valence-electron chi connectivity index (χ2n) is 7.50. The van der Waals surface area contributed by atoms with Crippen LogP contribution in [0.3, 0.4) is 0 Å². The number of nitro benzene ring substituents is 1. The first-order valence-electron chi connectivity index (χ1n) is 10.2. The Kier molecular flexibility index (Phi) is 7.19. The number of carbonyl (C=O) groups is 2. The highest BCUT2D eigenvalue weighted by molar-refractivity contribution is 6.04. The number of benzene rings is 2. The molecule has 2 aromatic carbocycles. The van der Waals surface area contributed by atoms with Crippen LogP contribution in [0.25, 0.3) is 0 Å². The third-order valence-electron chi connectivity index (χ3n) is 5.24. The summed E-state index contributed by atoms with van der Waals surface area (Å²) >= 11 is 0. The Hall–Kier alpha value is -3.46. The maximum absolute atomic E-state index is 12.5. The fraction of sp³-hybridized carbons (Fsp3) is 0.364. The van der Waals surface area contributed by atoms with Gasteiger partial charge in [-0.1, -0.05) is 12.1 Å². The molecule has 0 spiro atoms. The van der Waals surface area contributed by atoms with E-state index >= 15 is 0 Å². The number of primary amides is 1. The Balaban J connectivity index is 1.63. The monoisotopic (exact) mass is 426 g/mol. The minimum atomic E-state index is -0.569. The number of rotatable bonds is 8. The van der Waals surface area contributed by atoms with Gasteiger partial charge in [0.2, 0.25) is 5.91 Å². The molecule has 2 aromatic rings. The molecule has 0 radical (unpaired) electrons. The van der Waals surface area contributed by atoms with E-state index in [1.165, 1.54) is 18.2 Å². The summed E-state index contributed by atoms with van der Waals surface area (Å²) in [5.41, 5.74) is 7.00. The number of hydrogen-bond acceptors (Lipinski definition) is 6. The summed E-state index contributed by atoms with van der Waals surface area (Å²) in [6.07, 6.45) is 1.77. The Morgan fingerprint density at radius 2 is 2.00 bits per heavy atom. The standard InChI is InChI=1S/C22H26N4O5/c1-2-31-20-10-7-16(12-19(20)26(29)30)22(28)24-18-8-5-15(6-9-18)13-25-11-3-4-17(14-25)21(23)27/h5-10,12,17H,2-4,11,13-14H2,1H3,(H2,23,27)(H,24,28). The van der Waals surface area contributed by atoms with E-state index in [1.807, 2.05) is 12.1 Å². The molecule has 0 aromatic heterocycles. The second-order valence-corrected chi connectivity index (χ2v) is 7.50. The Morgan fingerprint density at radius 3 is 2.65 bits per heavy atom. The minimum absolute atomic E-state index is 0.106. The van der Waals surface area contributed by atoms with Crippen molar-refractivity contribution in [2.24, 2.45) is 11.7 Å². The number of amides is 2. The van der Waals surface area contributed by atoms with Crippen LogP contribution in [0.4, 0.5) is 11.4 Å². The van der Waals surface area contributed by atoms with Gasteiger partial charge in [0, 0.05) is 30.4 Å². The van der Waals surface area contributed by atoms with Crippen LogP contribution in [0, 0.1) is 16.0 Å². The molecule has 9 heteroatoms. The number of ether oxygens (including phenoxy) is 1. The first kappa shape index (κ1) is 22.2. The SMILES string of the molecule is CCOc1ccc(C(=O)Nc2ccc(CN3CCCC(C(N)=O)C3)cc2)cc1[N+](=O)[O-]. The molecular formula is C22H26N4O5. The van der Waals surface area contributed by atoms with E-state index in [-0.39, 0.29) is 28.8 Å². The zero-order chi connectivity index (χ0) is 22.4. The molecule has 1 aliphatic rings. The summed E-state index contributed by atoms with van der Waals surface area (Å²) in [6, 6.07) is 11.5. The lowest BCUT2D eigenvalue weighted by molar-refractivity contribution is -0.385. The first-order chi connectivity index (χ1) is 14.9. The van der Waals surface area contributed by atoms with E-state index in [1.54, 1.807) is 19.1 Å². The highest BCUT2D eigenvalue weighted by Gasteiger charge is 2.24. The van der Waals surface area contributed by atoms with Crippen LogP contribution in [-0.4, -0.2) is 41.3 Å². The number of nitrogens with one attached hydrogen (secondary N) is 1. The lowest BCUT2D eigenvalue weighted by atomic mass is 9.97. The quantitative estimate of drug-likeness (QED) is 0.493. The average molecular weight is 426 g/mol. The van der Waals surface area contributed by atoms with Crippen molar-refractivity contribution in [3.05, 3.63) is 63.7 Å². The van der Waals surface area contributed by atoms with Crippen LogP contribution in [0.15, 0.2) is 42.5 Å². The van der Waals surface area contributed by atoms with Crippen molar-refractivity contribution in [1.82, 2.24) is 4.90 Å². The van der Waals surface area contributed by atoms with Gasteiger partial charge in [-0.3, -0.25) is 24.6 Å². The number of likely N-dealkylation sites (tertiary alicyclic amines) is 1. The van der Waals surface area contributed by atoms with Crippen LogP contribution in [0.5, 0.6) is 5.75 Å². The molecule has 3 rings (SSSR count). The maximum Gasteiger partial charge on any atom is 0.311 e. The van der Waals surface area contributed by atoms with Gasteiger partial charge < -0.3 is 15.8 Å². The highest BCUT2D eigenvalue weighted by Crippen LogP contribution is 2.28. The Labute approximate surface area is 180 Å². The summed E-state index contributed by atoms with van der Waals surface area (Å²) < 4.78 is 5.24. The summed E-state index contributed by atoms with van der Waals surface area (Å²) in [6.45, 7) is 4.29. The van der Waals surface area contributed by atoms with Gasteiger partial charge >= 0.3 is 5.69 Å². The van der Waals surface area contributed by atoms with Gasteiger partial charge in [-0.15, -0.1) is 0 Å². The van der Waals surface area contributed by atoms with Crippen molar-refractivity contribution >= 4 is 23.2 Å². The van der Waals surface area contributed by atoms with Crippen molar-refractivity contribution in [1.29, 1.82) is 0 Å². The molecule has 9 nitrogen and oxygen atoms in total. The number of hydrogen-bond donors (Lipinski definition) is 2. The predicted molar refractivity (Wildman–Crippen MR) is 116 cm³/mol. The molecule has 1 fully saturated rings. The molecule has 1 atom stereocenters. The third-order valence-corrected chi connectivity index (χ3v) is 5.24. The first-order valence-corrected chi connectivity index (χ1v) is 10.2. The zero-order valence-electron chi connectivity index (χ0n) is 17.4. The molecule has 1 aliphatic heterocycles. The molecule has 1 heterocycles. The highest BCUT2D eigenvalue weighted by atomic mass is 16.6. The number of carbonyl (C=O) groups excluding carboxylic acids is 2. The molecular weight excluding hydrogens is 400 g/mol. The topological polar surface area (TPSA) is 128 Å². The van der Waals surface area contributed by atoms with Gasteiger partial charge in [0.05, 0.1) is 17.4 Å². The van der Waals surface area contributed by atoms with Gasteiger partial charge in [0.25, 0.3) is 5.91 Å². The van der Waals surface area contributed by atoms with E-state index in [0.717, 1.165) is 24.9 Å². The van der Waals surface area contributed by atoms with Crippen molar-refractivity contribution < 1.29 is 19.2 Å². The van der Waals surface area contributed by atoms with Gasteiger partial charge in [0.1, 0.15) is 0 Å². The molecule has 2 amide bonds. The fourth-order valence-corrected chi connectivity index (χ4v) is 3.67. The normalized spacial score (nSPS) is 16.5. The van der Waals surface area contributed by atoms with Crippen molar-refractivity contribution in [2.45, 2.75) is 26.3 Å². The van der Waals surface area contributed by atoms with Gasteiger partial charge in [-0.05, 0) is 56.1 Å². The summed E-state index contributed by atoms with van der Waals surface area (Å²) in [5, 5.41) is 14.0. The number of nitro groups is 1. The second kappa shape index (κ2) is 10.0. The van der Waals surface area contributed by atoms with E-state index < -0.39 is 10.8 Å². The third kappa shape index (κ3) is 5.79. The van der Waals surface area contributed by atoms with E-state index in [0.29, 0.717) is 25.4 Å². The summed E-state index contributed by atoms with van der Waals surface area (Å²) in [5.74, 6) is -0.674. The molecule has 0 saturated carbocycles. The van der Waals surface area contributed by atoms with Gasteiger partial charge in [-0.2, -0.15) is 0 Å². The Bertz CT molecular complexity index is 961. The number of piperidine rings is 1. The van der Waals surface area contributed by atoms with E-state index in [2.05, 4.69) is 10.2 Å². The molecule has 3 N–H and O–H groups in total. The summed E-state index contributed by atoms with van der Waals surface area (Å²) in [7, 11) is 0.